The highest BCUT2D eigenvalue weighted by Gasteiger charge is 2.19. The molecular formula is C17H20N2O4S. The molecule has 0 amide bonds. The molecule has 0 aliphatic heterocycles. The van der Waals surface area contributed by atoms with Crippen molar-refractivity contribution in [2.45, 2.75) is 25.0 Å². The molecule has 24 heavy (non-hydrogen) atoms. The summed E-state index contributed by atoms with van der Waals surface area (Å²) in [5.41, 5.74) is 1.24. The molecule has 0 aliphatic carbocycles. The van der Waals surface area contributed by atoms with E-state index in [0.29, 0.717) is 13.0 Å². The molecule has 0 radical (unpaired) electrons. The summed E-state index contributed by atoms with van der Waals surface area (Å²) in [5, 5.41) is 10.9. The van der Waals surface area contributed by atoms with Gasteiger partial charge in [-0.15, -0.1) is 0 Å². The van der Waals surface area contributed by atoms with E-state index in [-0.39, 0.29) is 17.0 Å². The number of aryl methyl sites for hydroxylation is 1. The number of benzene rings is 2. The third-order valence-electron chi connectivity index (χ3n) is 3.59. The summed E-state index contributed by atoms with van der Waals surface area (Å²) < 4.78 is 26.7. The molecule has 0 spiro atoms. The second-order valence-electron chi connectivity index (χ2n) is 5.48. The Morgan fingerprint density at radius 2 is 1.62 bits per heavy atom. The number of nitro groups is 1. The van der Waals surface area contributed by atoms with Crippen molar-refractivity contribution in [2.75, 3.05) is 6.54 Å². The SMILES string of the molecule is O=[N+]([O-])c1ccccc1CS(=O)(=O)NCCCCc1ccccc1. The maximum absolute atomic E-state index is 12.1. The number of sulfonamides is 1. The van der Waals surface area contributed by atoms with Crippen LogP contribution in [0.25, 0.3) is 0 Å². The van der Waals surface area contributed by atoms with Gasteiger partial charge in [0.25, 0.3) is 5.69 Å². The summed E-state index contributed by atoms with van der Waals surface area (Å²) in [6.07, 6.45) is 2.48. The summed E-state index contributed by atoms with van der Waals surface area (Å²) in [6, 6.07) is 15.9. The van der Waals surface area contributed by atoms with Crippen LogP contribution in [-0.4, -0.2) is 19.9 Å². The minimum Gasteiger partial charge on any atom is -0.258 e. The van der Waals surface area contributed by atoms with Crippen LogP contribution in [0.4, 0.5) is 5.69 Å². The van der Waals surface area contributed by atoms with Crippen LogP contribution < -0.4 is 4.72 Å². The molecule has 6 nitrogen and oxygen atoms in total. The molecule has 1 N–H and O–H groups in total. The van der Waals surface area contributed by atoms with Crippen molar-refractivity contribution in [1.29, 1.82) is 0 Å². The summed E-state index contributed by atoms with van der Waals surface area (Å²) in [4.78, 5) is 10.4. The van der Waals surface area contributed by atoms with Crippen molar-refractivity contribution in [3.8, 4) is 0 Å². The quantitative estimate of drug-likeness (QED) is 0.428. The molecule has 0 fully saturated rings. The fraction of sp³-hybridized carbons (Fsp3) is 0.294. The Hall–Kier alpha value is -2.25. The zero-order valence-corrected chi connectivity index (χ0v) is 14.0. The Morgan fingerprint density at radius 1 is 0.958 bits per heavy atom. The third kappa shape index (κ3) is 5.75. The van der Waals surface area contributed by atoms with Crippen molar-refractivity contribution in [3.05, 3.63) is 75.8 Å². The van der Waals surface area contributed by atoms with E-state index in [1.165, 1.54) is 23.8 Å². The van der Waals surface area contributed by atoms with Crippen LogP contribution in [0.15, 0.2) is 54.6 Å². The average molecular weight is 348 g/mol. The lowest BCUT2D eigenvalue weighted by atomic mass is 10.1. The van der Waals surface area contributed by atoms with Gasteiger partial charge in [-0.05, 0) is 24.8 Å². The fourth-order valence-electron chi connectivity index (χ4n) is 2.39. The van der Waals surface area contributed by atoms with E-state index in [9.17, 15) is 18.5 Å². The first-order valence-corrected chi connectivity index (χ1v) is 9.37. The second-order valence-corrected chi connectivity index (χ2v) is 7.29. The lowest BCUT2D eigenvalue weighted by molar-refractivity contribution is -0.385. The molecule has 2 rings (SSSR count). The number of hydrogen-bond acceptors (Lipinski definition) is 4. The van der Waals surface area contributed by atoms with Crippen LogP contribution in [0.3, 0.4) is 0 Å². The lowest BCUT2D eigenvalue weighted by Gasteiger charge is -2.07. The van der Waals surface area contributed by atoms with Gasteiger partial charge in [0, 0.05) is 18.2 Å². The zero-order chi connectivity index (χ0) is 17.4. The fourth-order valence-corrected chi connectivity index (χ4v) is 3.60. The molecule has 0 aliphatic rings. The number of hydrogen-bond donors (Lipinski definition) is 1. The molecule has 128 valence electrons. The summed E-state index contributed by atoms with van der Waals surface area (Å²) in [6.45, 7) is 0.329. The minimum atomic E-state index is -3.59. The first kappa shape index (κ1) is 18.1. The number of rotatable bonds is 9. The molecule has 0 atom stereocenters. The van der Waals surface area contributed by atoms with Gasteiger partial charge in [0.2, 0.25) is 10.0 Å². The monoisotopic (exact) mass is 348 g/mol. The van der Waals surface area contributed by atoms with Gasteiger partial charge >= 0.3 is 0 Å². The maximum Gasteiger partial charge on any atom is 0.273 e. The Kier molecular flexibility index (Phi) is 6.45. The predicted octanol–water partition coefficient (Wildman–Crippen LogP) is 3.04. The van der Waals surface area contributed by atoms with E-state index in [1.54, 1.807) is 6.07 Å². The molecular weight excluding hydrogens is 328 g/mol. The lowest BCUT2D eigenvalue weighted by Crippen LogP contribution is -2.26. The van der Waals surface area contributed by atoms with Gasteiger partial charge < -0.3 is 0 Å². The molecule has 2 aromatic carbocycles. The molecule has 0 saturated carbocycles. The second kappa shape index (κ2) is 8.56. The normalized spacial score (nSPS) is 11.3. The first-order chi connectivity index (χ1) is 11.5. The van der Waals surface area contributed by atoms with Crippen molar-refractivity contribution in [3.63, 3.8) is 0 Å². The highest BCUT2D eigenvalue weighted by molar-refractivity contribution is 7.88. The van der Waals surface area contributed by atoms with E-state index in [1.807, 2.05) is 30.3 Å². The van der Waals surface area contributed by atoms with Crippen LogP contribution in [-0.2, 0) is 22.2 Å². The van der Waals surface area contributed by atoms with E-state index in [2.05, 4.69) is 4.72 Å². The van der Waals surface area contributed by atoms with Crippen LogP contribution in [0, 0.1) is 10.1 Å². The van der Waals surface area contributed by atoms with E-state index in [4.69, 9.17) is 0 Å². The van der Waals surface area contributed by atoms with E-state index in [0.717, 1.165) is 12.8 Å². The Balaban J connectivity index is 1.81. The first-order valence-electron chi connectivity index (χ1n) is 7.71. The third-order valence-corrected chi connectivity index (χ3v) is 4.93. The van der Waals surface area contributed by atoms with Crippen LogP contribution >= 0.6 is 0 Å². The van der Waals surface area contributed by atoms with Gasteiger partial charge in [0.05, 0.1) is 10.7 Å². The number of nitrogens with zero attached hydrogens (tertiary/aromatic N) is 1. The number of nitro benzene ring substituents is 1. The van der Waals surface area contributed by atoms with Crippen molar-refractivity contribution >= 4 is 15.7 Å². The van der Waals surface area contributed by atoms with Crippen LogP contribution in [0.2, 0.25) is 0 Å². The van der Waals surface area contributed by atoms with E-state index < -0.39 is 14.9 Å². The van der Waals surface area contributed by atoms with Gasteiger partial charge in [0.1, 0.15) is 0 Å². The maximum atomic E-state index is 12.1. The van der Waals surface area contributed by atoms with Crippen molar-refractivity contribution < 1.29 is 13.3 Å². The molecule has 0 unspecified atom stereocenters. The standard InChI is InChI=1S/C17H20N2O4S/c20-19(21)17-12-5-4-11-16(17)14-24(22,23)18-13-7-6-10-15-8-2-1-3-9-15/h1-5,8-9,11-12,18H,6-7,10,13-14H2. The molecule has 0 aromatic heterocycles. The van der Waals surface area contributed by atoms with Gasteiger partial charge in [0.15, 0.2) is 0 Å². The predicted molar refractivity (Wildman–Crippen MR) is 93.1 cm³/mol. The number of unbranched alkanes of at least 4 members (excludes halogenated alkanes) is 1. The zero-order valence-electron chi connectivity index (χ0n) is 13.2. The summed E-state index contributed by atoms with van der Waals surface area (Å²) in [5.74, 6) is -0.386. The molecule has 0 bridgehead atoms. The highest BCUT2D eigenvalue weighted by Crippen LogP contribution is 2.19. The number of nitrogens with one attached hydrogen (secondary N) is 1. The highest BCUT2D eigenvalue weighted by atomic mass is 32.2. The molecule has 0 saturated heterocycles. The van der Waals surface area contributed by atoms with Gasteiger partial charge in [-0.25, -0.2) is 13.1 Å². The van der Waals surface area contributed by atoms with Crippen molar-refractivity contribution in [2.24, 2.45) is 0 Å². The Bertz CT molecular complexity index is 776. The topological polar surface area (TPSA) is 89.3 Å². The summed E-state index contributed by atoms with van der Waals surface area (Å²) in [7, 11) is -3.59. The van der Waals surface area contributed by atoms with Crippen LogP contribution in [0.1, 0.15) is 24.0 Å². The van der Waals surface area contributed by atoms with Crippen LogP contribution in [0.5, 0.6) is 0 Å². The van der Waals surface area contributed by atoms with Gasteiger partial charge in [-0.3, -0.25) is 10.1 Å². The Morgan fingerprint density at radius 3 is 2.33 bits per heavy atom. The minimum absolute atomic E-state index is 0.174. The largest absolute Gasteiger partial charge is 0.273 e. The average Bonchev–Trinajstić information content (AvgIpc) is 2.55. The molecule has 7 heteroatoms. The Labute approximate surface area is 141 Å². The molecule has 2 aromatic rings. The summed E-state index contributed by atoms with van der Waals surface area (Å²) >= 11 is 0. The van der Waals surface area contributed by atoms with Gasteiger partial charge in [-0.1, -0.05) is 48.5 Å². The van der Waals surface area contributed by atoms with Gasteiger partial charge in [-0.2, -0.15) is 0 Å². The molecule has 0 heterocycles. The van der Waals surface area contributed by atoms with Crippen molar-refractivity contribution in [1.82, 2.24) is 4.72 Å². The van der Waals surface area contributed by atoms with E-state index >= 15 is 0 Å². The smallest absolute Gasteiger partial charge is 0.258 e. The number of para-hydroxylation sites is 1.